The van der Waals surface area contributed by atoms with Gasteiger partial charge in [-0.1, -0.05) is 18.2 Å². The van der Waals surface area contributed by atoms with Crippen molar-refractivity contribution in [3.8, 4) is 22.6 Å². The van der Waals surface area contributed by atoms with Gasteiger partial charge in [0.2, 0.25) is 0 Å². The molecule has 9 rings (SSSR count). The molecule has 4 aliphatic rings. The van der Waals surface area contributed by atoms with Crippen LogP contribution in [0.15, 0.2) is 53.5 Å². The zero-order valence-electron chi connectivity index (χ0n) is 35.4. The predicted molar refractivity (Wildman–Crippen MR) is 233 cm³/mol. The molecule has 60 heavy (non-hydrogen) atoms. The molecule has 0 bridgehead atoms. The van der Waals surface area contributed by atoms with Gasteiger partial charge in [-0.2, -0.15) is 5.26 Å². The van der Waals surface area contributed by atoms with Crippen LogP contribution in [0.3, 0.4) is 0 Å². The molecule has 1 atom stereocenters. The third kappa shape index (κ3) is 7.44. The number of hydrogen-bond acceptors (Lipinski definition) is 11. The van der Waals surface area contributed by atoms with E-state index in [1.54, 1.807) is 36.6 Å². The van der Waals surface area contributed by atoms with Crippen LogP contribution in [-0.2, 0) is 0 Å². The second-order valence-electron chi connectivity index (χ2n) is 17.4. The van der Waals surface area contributed by atoms with Crippen molar-refractivity contribution in [1.29, 1.82) is 5.26 Å². The molecule has 3 aromatic heterocycles. The number of amides is 1. The first-order chi connectivity index (χ1) is 29.0. The summed E-state index contributed by atoms with van der Waals surface area (Å²) in [5, 5.41) is 31.5. The highest BCUT2D eigenvalue weighted by Gasteiger charge is 2.42. The maximum atomic E-state index is 13.2. The van der Waals surface area contributed by atoms with Crippen LogP contribution < -0.4 is 19.7 Å². The molecule has 0 radical (unpaired) electrons. The summed E-state index contributed by atoms with van der Waals surface area (Å²) in [6.07, 6.45) is 9.19. The summed E-state index contributed by atoms with van der Waals surface area (Å²) in [5.41, 5.74) is 8.55. The summed E-state index contributed by atoms with van der Waals surface area (Å²) in [4.78, 5) is 22.2. The lowest BCUT2D eigenvalue weighted by molar-refractivity contribution is 0.0888. The van der Waals surface area contributed by atoms with Crippen molar-refractivity contribution >= 4 is 28.8 Å². The van der Waals surface area contributed by atoms with Gasteiger partial charge in [0.05, 0.1) is 24.5 Å². The minimum absolute atomic E-state index is 0.0428. The molecule has 1 spiro atoms. The average Bonchev–Trinajstić information content (AvgIpc) is 3.92. The molecule has 0 unspecified atom stereocenters. The standard InChI is InChI=1S/C47H53N9O3S/c1-27-23-33(8-14-38(27)43-42-28(2)30(4)60-46(42)56-31(5)51-54-44(56)29(3)49-43)32-17-19-47(20-18-32)21-22-55(26-47)41-16-15-39(52-53-41)45(57)50-35-9-12-36(13-10-35)59-37-11-7-34(25-48)40(24-37)58-6/h7-8,11,14-16,23-24,29,32,35-36H,9-10,12-13,17-22,26H2,1-6H3,(H,50,57)/t29-,32?,35?,36?,47?/m0/s1. The Bertz CT molecular complexity index is 2500. The number of nitrogens with zero attached hydrogens (tertiary/aromatic N) is 8. The molecule has 5 aromatic rings. The topological polar surface area (TPSA) is 143 Å². The van der Waals surface area contributed by atoms with E-state index in [-0.39, 0.29) is 29.5 Å². The van der Waals surface area contributed by atoms with Crippen molar-refractivity contribution in [2.45, 2.75) is 117 Å². The average molecular weight is 824 g/mol. The maximum absolute atomic E-state index is 13.2. The Morgan fingerprint density at radius 2 is 1.73 bits per heavy atom. The Kier molecular flexibility index (Phi) is 10.7. The lowest BCUT2D eigenvalue weighted by Crippen LogP contribution is -2.40. The van der Waals surface area contributed by atoms with Gasteiger partial charge in [-0.15, -0.1) is 31.7 Å². The van der Waals surface area contributed by atoms with Crippen molar-refractivity contribution < 1.29 is 14.3 Å². The molecule has 1 N–H and O–H groups in total. The predicted octanol–water partition coefficient (Wildman–Crippen LogP) is 8.82. The number of rotatable bonds is 8. The van der Waals surface area contributed by atoms with Crippen LogP contribution in [0.5, 0.6) is 11.5 Å². The number of carbonyl (C=O) groups excluding carboxylic acids is 1. The molecule has 1 amide bonds. The van der Waals surface area contributed by atoms with Crippen molar-refractivity contribution in [3.05, 3.63) is 104 Å². The summed E-state index contributed by atoms with van der Waals surface area (Å²) in [6, 6.07) is 18.2. The molecule has 2 saturated carbocycles. The largest absolute Gasteiger partial charge is 0.495 e. The number of aromatic nitrogens is 5. The Hall–Kier alpha value is -5.61. The van der Waals surface area contributed by atoms with Crippen molar-refractivity contribution in [1.82, 2.24) is 30.3 Å². The van der Waals surface area contributed by atoms with E-state index >= 15 is 0 Å². The lowest BCUT2D eigenvalue weighted by atomic mass is 9.68. The van der Waals surface area contributed by atoms with Gasteiger partial charge in [-0.05, 0) is 145 Å². The molecule has 1 saturated heterocycles. The molecule has 2 aliphatic heterocycles. The van der Waals surface area contributed by atoms with Crippen LogP contribution in [0.1, 0.15) is 137 Å². The minimum Gasteiger partial charge on any atom is -0.495 e. The third-order valence-corrected chi connectivity index (χ3v) is 14.8. The number of nitriles is 1. The first-order valence-corrected chi connectivity index (χ1v) is 22.2. The van der Waals surface area contributed by atoms with Gasteiger partial charge >= 0.3 is 0 Å². The SMILES string of the molecule is COc1cc(OC2CCC(NC(=O)c3ccc(N4CCC5(CCC(c6ccc(C7=N[C@@H](C)c8nnc(C)n8-c8sc(C)c(C)c87)c(C)c6)CC5)C4)nn3)CC2)ccc1C#N. The Labute approximate surface area is 356 Å². The summed E-state index contributed by atoms with van der Waals surface area (Å²) >= 11 is 1.80. The van der Waals surface area contributed by atoms with E-state index in [4.69, 9.17) is 14.5 Å². The number of ether oxygens (including phenoxy) is 2. The number of thiophene rings is 1. The van der Waals surface area contributed by atoms with Crippen LogP contribution >= 0.6 is 11.3 Å². The summed E-state index contributed by atoms with van der Waals surface area (Å²) in [7, 11) is 1.55. The van der Waals surface area contributed by atoms with Crippen molar-refractivity contribution in [3.63, 3.8) is 0 Å². The van der Waals surface area contributed by atoms with E-state index in [0.29, 0.717) is 28.7 Å². The highest BCUT2D eigenvalue weighted by molar-refractivity contribution is 7.15. The molecule has 3 fully saturated rings. The van der Waals surface area contributed by atoms with Crippen LogP contribution in [0.25, 0.3) is 5.00 Å². The molecule has 12 nitrogen and oxygen atoms in total. The zero-order chi connectivity index (χ0) is 41.7. The van der Waals surface area contributed by atoms with Crippen LogP contribution in [0.2, 0.25) is 0 Å². The lowest BCUT2D eigenvalue weighted by Gasteiger charge is -2.37. The van der Waals surface area contributed by atoms with E-state index in [0.717, 1.165) is 68.4 Å². The molecule has 2 aliphatic carbocycles. The number of carbonyl (C=O) groups is 1. The molecular formula is C47H53N9O3S. The summed E-state index contributed by atoms with van der Waals surface area (Å²) < 4.78 is 13.7. The summed E-state index contributed by atoms with van der Waals surface area (Å²) in [6.45, 7) is 12.7. The molecule has 310 valence electrons. The number of methoxy groups -OCH3 is 1. The number of nitrogens with one attached hydrogen (secondary N) is 1. The fourth-order valence-electron chi connectivity index (χ4n) is 10.0. The highest BCUT2D eigenvalue weighted by atomic mass is 32.1. The van der Waals surface area contributed by atoms with Gasteiger partial charge in [-0.25, -0.2) is 0 Å². The minimum atomic E-state index is -0.187. The van der Waals surface area contributed by atoms with E-state index in [9.17, 15) is 10.1 Å². The fourth-order valence-corrected chi connectivity index (χ4v) is 11.2. The van der Waals surface area contributed by atoms with E-state index < -0.39 is 0 Å². The van der Waals surface area contributed by atoms with E-state index in [1.807, 2.05) is 19.1 Å². The molecule has 5 heterocycles. The third-order valence-electron chi connectivity index (χ3n) is 13.6. The summed E-state index contributed by atoms with van der Waals surface area (Å²) in [5.74, 6) is 4.19. The monoisotopic (exact) mass is 823 g/mol. The molecule has 2 aromatic carbocycles. The fraction of sp³-hybridized carbons (Fsp3) is 0.468. The van der Waals surface area contributed by atoms with Gasteiger partial charge in [0, 0.05) is 41.2 Å². The first-order valence-electron chi connectivity index (χ1n) is 21.4. The van der Waals surface area contributed by atoms with Crippen LogP contribution in [-0.4, -0.2) is 68.9 Å². The van der Waals surface area contributed by atoms with Crippen LogP contribution in [0.4, 0.5) is 5.82 Å². The number of benzene rings is 2. The Morgan fingerprint density at radius 3 is 2.45 bits per heavy atom. The number of aryl methyl sites for hydroxylation is 3. The Morgan fingerprint density at radius 1 is 0.933 bits per heavy atom. The maximum Gasteiger partial charge on any atom is 0.272 e. The number of fused-ring (bicyclic) bond motifs is 3. The van der Waals surface area contributed by atoms with Gasteiger partial charge in [0.1, 0.15) is 34.4 Å². The van der Waals surface area contributed by atoms with Crippen LogP contribution in [0, 0.1) is 44.4 Å². The molecule has 13 heteroatoms. The van der Waals surface area contributed by atoms with Crippen molar-refractivity contribution in [2.75, 3.05) is 25.1 Å². The molecular weight excluding hydrogens is 771 g/mol. The van der Waals surface area contributed by atoms with Crippen molar-refractivity contribution in [2.24, 2.45) is 10.4 Å². The van der Waals surface area contributed by atoms with E-state index in [2.05, 4.69) is 87.1 Å². The number of anilines is 1. The Balaban J connectivity index is 0.782. The quantitative estimate of drug-likeness (QED) is 0.162. The zero-order valence-corrected chi connectivity index (χ0v) is 36.2. The van der Waals surface area contributed by atoms with Gasteiger partial charge in [0.25, 0.3) is 5.91 Å². The second-order valence-corrected chi connectivity index (χ2v) is 18.6. The van der Waals surface area contributed by atoms with Gasteiger partial charge < -0.3 is 19.7 Å². The van der Waals surface area contributed by atoms with E-state index in [1.165, 1.54) is 63.4 Å². The smallest absolute Gasteiger partial charge is 0.272 e. The second kappa shape index (κ2) is 16.1. The highest BCUT2D eigenvalue weighted by Crippen LogP contribution is 2.49. The normalized spacial score (nSPS) is 23.6. The van der Waals surface area contributed by atoms with Gasteiger partial charge in [0.15, 0.2) is 17.3 Å². The number of hydrogen-bond donors (Lipinski definition) is 1. The van der Waals surface area contributed by atoms with Gasteiger partial charge in [-0.3, -0.25) is 14.4 Å². The number of aliphatic imine (C=N–C) groups is 1. The first kappa shape index (κ1) is 39.8.